The molecule has 0 saturated carbocycles. The van der Waals surface area contributed by atoms with Crippen molar-refractivity contribution in [2.24, 2.45) is 0 Å². The summed E-state index contributed by atoms with van der Waals surface area (Å²) in [5.74, 6) is -0.0116. The number of halogens is 1. The van der Waals surface area contributed by atoms with Gasteiger partial charge in [-0.3, -0.25) is 9.69 Å². The number of nitrogens with one attached hydrogen (secondary N) is 1. The minimum absolute atomic E-state index is 0. The molecule has 26 heavy (non-hydrogen) atoms. The van der Waals surface area contributed by atoms with Gasteiger partial charge in [0.2, 0.25) is 0 Å². The molecule has 0 atom stereocenters. The van der Waals surface area contributed by atoms with Crippen molar-refractivity contribution in [3.05, 3.63) is 51.9 Å². The zero-order valence-corrected chi connectivity index (χ0v) is 16.5. The quantitative estimate of drug-likeness (QED) is 0.850. The molecule has 6 heteroatoms. The van der Waals surface area contributed by atoms with E-state index in [0.717, 1.165) is 50.7 Å². The fourth-order valence-corrected chi connectivity index (χ4v) is 4.94. The molecular formula is C20H25ClN2O2S. The maximum absolute atomic E-state index is 12.6. The van der Waals surface area contributed by atoms with Gasteiger partial charge in [-0.2, -0.15) is 0 Å². The van der Waals surface area contributed by atoms with Crippen LogP contribution in [0, 0.1) is 0 Å². The maximum Gasteiger partial charge on any atom is 0.256 e. The van der Waals surface area contributed by atoms with Gasteiger partial charge in [0, 0.05) is 35.6 Å². The molecular weight excluding hydrogens is 368 g/mol. The van der Waals surface area contributed by atoms with Gasteiger partial charge >= 0.3 is 0 Å². The standard InChI is InChI=1S/C20H24N2O2S.ClH/c23-19(15-6-2-1-3-7-15)21-20-17(14-22-10-12-24-13-11-22)16-8-4-5-9-18(16)25-20;/h1-3,6-7H,4-5,8-14H2,(H,21,23);1H. The first-order valence-corrected chi connectivity index (χ1v) is 9.93. The Labute approximate surface area is 165 Å². The third-order valence-corrected chi connectivity index (χ3v) is 6.28. The molecule has 1 aliphatic carbocycles. The number of benzene rings is 1. The summed E-state index contributed by atoms with van der Waals surface area (Å²) in [5, 5.41) is 4.24. The lowest BCUT2D eigenvalue weighted by Crippen LogP contribution is -2.36. The topological polar surface area (TPSA) is 41.6 Å². The van der Waals surface area contributed by atoms with Gasteiger partial charge in [0.1, 0.15) is 5.00 Å². The van der Waals surface area contributed by atoms with Crippen LogP contribution in [0.25, 0.3) is 0 Å². The molecule has 1 N–H and O–H groups in total. The molecule has 1 saturated heterocycles. The molecule has 2 aromatic rings. The Balaban J connectivity index is 0.00000196. The number of hydrogen-bond donors (Lipinski definition) is 1. The Morgan fingerprint density at radius 2 is 1.85 bits per heavy atom. The highest BCUT2D eigenvalue weighted by atomic mass is 35.5. The summed E-state index contributed by atoms with van der Waals surface area (Å²) < 4.78 is 5.48. The number of anilines is 1. The molecule has 140 valence electrons. The van der Waals surface area contributed by atoms with Crippen molar-refractivity contribution < 1.29 is 9.53 Å². The molecule has 1 aliphatic heterocycles. The van der Waals surface area contributed by atoms with Gasteiger partial charge in [-0.1, -0.05) is 18.2 Å². The fraction of sp³-hybridized carbons (Fsp3) is 0.450. The molecule has 0 radical (unpaired) electrons. The number of nitrogens with zero attached hydrogens (tertiary/aromatic N) is 1. The van der Waals surface area contributed by atoms with Crippen LogP contribution < -0.4 is 5.32 Å². The van der Waals surface area contributed by atoms with Gasteiger partial charge in [0.25, 0.3) is 5.91 Å². The van der Waals surface area contributed by atoms with Crippen molar-refractivity contribution in [3.8, 4) is 0 Å². The highest BCUT2D eigenvalue weighted by molar-refractivity contribution is 7.16. The number of morpholine rings is 1. The predicted octanol–water partition coefficient (Wildman–Crippen LogP) is 4.13. The van der Waals surface area contributed by atoms with Crippen LogP contribution in [0.2, 0.25) is 0 Å². The molecule has 1 fully saturated rings. The number of carbonyl (C=O) groups excluding carboxylic acids is 1. The SMILES string of the molecule is Cl.O=C(Nc1sc2c(c1CN1CCOCC1)CCCC2)c1ccccc1. The predicted molar refractivity (Wildman–Crippen MR) is 109 cm³/mol. The summed E-state index contributed by atoms with van der Waals surface area (Å²) in [6.45, 7) is 4.46. The molecule has 1 aromatic carbocycles. The van der Waals surface area contributed by atoms with Gasteiger partial charge in [-0.05, 0) is 43.4 Å². The Bertz CT molecular complexity index is 742. The van der Waals surface area contributed by atoms with Crippen molar-refractivity contribution in [3.63, 3.8) is 0 Å². The average Bonchev–Trinajstić information content (AvgIpc) is 3.00. The summed E-state index contributed by atoms with van der Waals surface area (Å²) in [6, 6.07) is 9.48. The van der Waals surface area contributed by atoms with E-state index in [-0.39, 0.29) is 18.3 Å². The van der Waals surface area contributed by atoms with Gasteiger partial charge in [0.05, 0.1) is 13.2 Å². The van der Waals surface area contributed by atoms with Crippen molar-refractivity contribution in [1.29, 1.82) is 0 Å². The van der Waals surface area contributed by atoms with Crippen LogP contribution in [0.15, 0.2) is 30.3 Å². The van der Waals surface area contributed by atoms with Gasteiger partial charge < -0.3 is 10.1 Å². The number of carbonyl (C=O) groups is 1. The molecule has 4 rings (SSSR count). The normalized spacial score (nSPS) is 17.2. The van der Waals surface area contributed by atoms with Crippen molar-refractivity contribution in [2.75, 3.05) is 31.6 Å². The van der Waals surface area contributed by atoms with Crippen LogP contribution in [-0.4, -0.2) is 37.1 Å². The Morgan fingerprint density at radius 3 is 2.62 bits per heavy atom. The number of hydrogen-bond acceptors (Lipinski definition) is 4. The van der Waals surface area contributed by atoms with E-state index in [4.69, 9.17) is 4.74 Å². The maximum atomic E-state index is 12.6. The van der Waals surface area contributed by atoms with Crippen LogP contribution in [0.5, 0.6) is 0 Å². The van der Waals surface area contributed by atoms with E-state index in [1.165, 1.54) is 28.8 Å². The van der Waals surface area contributed by atoms with E-state index in [1.54, 1.807) is 11.3 Å². The van der Waals surface area contributed by atoms with E-state index in [9.17, 15) is 4.79 Å². The van der Waals surface area contributed by atoms with Crippen LogP contribution in [-0.2, 0) is 24.1 Å². The number of rotatable bonds is 4. The Morgan fingerprint density at radius 1 is 1.12 bits per heavy atom. The van der Waals surface area contributed by atoms with Crippen LogP contribution in [0.3, 0.4) is 0 Å². The summed E-state index contributed by atoms with van der Waals surface area (Å²) in [4.78, 5) is 16.5. The third-order valence-electron chi connectivity index (χ3n) is 5.03. The zero-order chi connectivity index (χ0) is 17.1. The third kappa shape index (κ3) is 4.29. The van der Waals surface area contributed by atoms with Gasteiger partial charge in [0.15, 0.2) is 0 Å². The van der Waals surface area contributed by atoms with E-state index in [1.807, 2.05) is 30.3 Å². The highest BCUT2D eigenvalue weighted by Crippen LogP contribution is 2.39. The number of ether oxygens (including phenoxy) is 1. The van der Waals surface area contributed by atoms with Crippen LogP contribution in [0.1, 0.15) is 39.2 Å². The fourth-order valence-electron chi connectivity index (χ4n) is 3.65. The minimum Gasteiger partial charge on any atom is -0.379 e. The Hall–Kier alpha value is -1.40. The van der Waals surface area contributed by atoms with Crippen molar-refractivity contribution >= 4 is 34.7 Å². The monoisotopic (exact) mass is 392 g/mol. The van der Waals surface area contributed by atoms with Gasteiger partial charge in [-0.15, -0.1) is 23.7 Å². The zero-order valence-electron chi connectivity index (χ0n) is 14.8. The molecule has 0 spiro atoms. The van der Waals surface area contributed by atoms with Crippen molar-refractivity contribution in [2.45, 2.75) is 32.2 Å². The molecule has 1 amide bonds. The molecule has 0 unspecified atom stereocenters. The van der Waals surface area contributed by atoms with E-state index in [0.29, 0.717) is 5.56 Å². The first kappa shape index (κ1) is 19.4. The smallest absolute Gasteiger partial charge is 0.256 e. The lowest BCUT2D eigenvalue weighted by Gasteiger charge is -2.27. The first-order valence-electron chi connectivity index (χ1n) is 9.11. The second kappa shape index (κ2) is 9.00. The highest BCUT2D eigenvalue weighted by Gasteiger charge is 2.24. The summed E-state index contributed by atoms with van der Waals surface area (Å²) in [7, 11) is 0. The summed E-state index contributed by atoms with van der Waals surface area (Å²) in [6.07, 6.45) is 4.81. The lowest BCUT2D eigenvalue weighted by atomic mass is 9.95. The molecule has 4 nitrogen and oxygen atoms in total. The molecule has 1 aromatic heterocycles. The number of fused-ring (bicyclic) bond motifs is 1. The summed E-state index contributed by atoms with van der Waals surface area (Å²) in [5.41, 5.74) is 3.54. The Kier molecular flexibility index (Phi) is 6.70. The number of amides is 1. The number of aryl methyl sites for hydroxylation is 1. The minimum atomic E-state index is -0.0116. The second-order valence-corrected chi connectivity index (χ2v) is 7.83. The van der Waals surface area contributed by atoms with Crippen LogP contribution in [0.4, 0.5) is 5.00 Å². The molecule has 0 bridgehead atoms. The summed E-state index contributed by atoms with van der Waals surface area (Å²) >= 11 is 1.78. The lowest BCUT2D eigenvalue weighted by molar-refractivity contribution is 0.0342. The average molecular weight is 393 g/mol. The van der Waals surface area contributed by atoms with Crippen LogP contribution >= 0.6 is 23.7 Å². The number of thiophene rings is 1. The second-order valence-electron chi connectivity index (χ2n) is 6.73. The van der Waals surface area contributed by atoms with E-state index < -0.39 is 0 Å². The van der Waals surface area contributed by atoms with E-state index >= 15 is 0 Å². The first-order chi connectivity index (χ1) is 12.3. The van der Waals surface area contributed by atoms with Crippen molar-refractivity contribution in [1.82, 2.24) is 4.90 Å². The molecule has 2 aliphatic rings. The molecule has 2 heterocycles. The van der Waals surface area contributed by atoms with Gasteiger partial charge in [-0.25, -0.2) is 0 Å². The largest absolute Gasteiger partial charge is 0.379 e. The van der Waals surface area contributed by atoms with E-state index in [2.05, 4.69) is 10.2 Å².